The number of piperazine rings is 1. The van der Waals surface area contributed by atoms with Crippen LogP contribution in [0.25, 0.3) is 11.3 Å². The van der Waals surface area contributed by atoms with Crippen LogP contribution in [0.3, 0.4) is 0 Å². The molecule has 4 aromatic heterocycles. The maximum Gasteiger partial charge on any atom is 0.232 e. The lowest BCUT2D eigenvalue weighted by molar-refractivity contribution is 0.102. The maximum absolute atomic E-state index is 14.4. The minimum atomic E-state index is -0.549. The number of ketones is 1. The second-order valence-electron chi connectivity index (χ2n) is 8.03. The summed E-state index contributed by atoms with van der Waals surface area (Å²) in [6.45, 7) is 7.88. The number of carbonyl (C=O) groups excluding carboxylic acids is 1. The van der Waals surface area contributed by atoms with E-state index in [-0.39, 0.29) is 17.0 Å². The van der Waals surface area contributed by atoms with Crippen LogP contribution < -0.4 is 10.2 Å². The van der Waals surface area contributed by atoms with Gasteiger partial charge in [-0.1, -0.05) is 0 Å². The first-order valence-electron chi connectivity index (χ1n) is 9.94. The van der Waals surface area contributed by atoms with Crippen molar-refractivity contribution in [1.82, 2.24) is 29.3 Å². The van der Waals surface area contributed by atoms with E-state index in [1.165, 1.54) is 10.5 Å². The topological polar surface area (TPSA) is 79.8 Å². The average molecular weight is 407 g/mol. The second-order valence-corrected chi connectivity index (χ2v) is 8.03. The minimum absolute atomic E-state index is 0.147. The van der Waals surface area contributed by atoms with Gasteiger partial charge in [0.2, 0.25) is 11.6 Å². The molecule has 30 heavy (non-hydrogen) atoms. The summed E-state index contributed by atoms with van der Waals surface area (Å²) in [5.74, 6) is -0.798. The van der Waals surface area contributed by atoms with Crippen molar-refractivity contribution < 1.29 is 9.18 Å². The number of imidazole rings is 1. The molecule has 8 nitrogen and oxygen atoms in total. The molecule has 0 radical (unpaired) electrons. The quantitative estimate of drug-likeness (QED) is 0.525. The molecule has 4 aromatic rings. The third-order valence-corrected chi connectivity index (χ3v) is 5.41. The molecule has 2 atom stereocenters. The normalized spacial score (nSPS) is 19.7. The predicted molar refractivity (Wildman–Crippen MR) is 111 cm³/mol. The Morgan fingerprint density at radius 1 is 1.17 bits per heavy atom. The van der Waals surface area contributed by atoms with Gasteiger partial charge in [-0.25, -0.2) is 9.37 Å². The summed E-state index contributed by atoms with van der Waals surface area (Å²) in [7, 11) is 0. The van der Waals surface area contributed by atoms with Crippen molar-refractivity contribution in [2.24, 2.45) is 0 Å². The van der Waals surface area contributed by atoms with Crippen molar-refractivity contribution in [3.63, 3.8) is 0 Å². The highest BCUT2D eigenvalue weighted by Crippen LogP contribution is 2.21. The Morgan fingerprint density at radius 3 is 2.70 bits per heavy atom. The van der Waals surface area contributed by atoms with Crippen molar-refractivity contribution >= 4 is 22.8 Å². The van der Waals surface area contributed by atoms with Crippen LogP contribution in [-0.4, -0.2) is 54.9 Å². The fourth-order valence-electron chi connectivity index (χ4n) is 4.20. The van der Waals surface area contributed by atoms with Crippen LogP contribution in [0.2, 0.25) is 0 Å². The number of pyridine rings is 2. The molecule has 1 saturated heterocycles. The van der Waals surface area contributed by atoms with Crippen molar-refractivity contribution in [3.8, 4) is 0 Å². The summed E-state index contributed by atoms with van der Waals surface area (Å²) in [6, 6.07) is 5.86. The first kappa shape index (κ1) is 18.7. The van der Waals surface area contributed by atoms with E-state index in [1.807, 2.05) is 12.1 Å². The summed E-state index contributed by atoms with van der Waals surface area (Å²) in [5.41, 5.74) is 2.68. The van der Waals surface area contributed by atoms with Gasteiger partial charge in [-0.05, 0) is 32.9 Å². The van der Waals surface area contributed by atoms with Crippen LogP contribution in [0.4, 0.5) is 10.1 Å². The van der Waals surface area contributed by atoms with E-state index < -0.39 is 11.6 Å². The first-order chi connectivity index (χ1) is 14.4. The van der Waals surface area contributed by atoms with E-state index in [1.54, 1.807) is 29.9 Å². The van der Waals surface area contributed by atoms with Gasteiger partial charge in [-0.15, -0.1) is 10.2 Å². The van der Waals surface area contributed by atoms with E-state index in [4.69, 9.17) is 0 Å². The molecular formula is C21H22FN7O. The van der Waals surface area contributed by atoms with Gasteiger partial charge < -0.3 is 14.6 Å². The molecule has 0 aliphatic carbocycles. The van der Waals surface area contributed by atoms with E-state index in [9.17, 15) is 9.18 Å². The van der Waals surface area contributed by atoms with Crippen molar-refractivity contribution in [2.75, 3.05) is 18.0 Å². The monoisotopic (exact) mass is 407 g/mol. The zero-order chi connectivity index (χ0) is 21.0. The zero-order valence-corrected chi connectivity index (χ0v) is 17.0. The summed E-state index contributed by atoms with van der Waals surface area (Å²) < 4.78 is 17.6. The van der Waals surface area contributed by atoms with Crippen LogP contribution in [0.15, 0.2) is 36.8 Å². The number of hydrogen-bond acceptors (Lipinski definition) is 6. The molecule has 1 aliphatic rings. The smallest absolute Gasteiger partial charge is 0.232 e. The number of halogens is 1. The zero-order valence-electron chi connectivity index (χ0n) is 17.0. The van der Waals surface area contributed by atoms with Crippen LogP contribution in [-0.2, 0) is 0 Å². The van der Waals surface area contributed by atoms with E-state index in [0.29, 0.717) is 23.4 Å². The third kappa shape index (κ3) is 3.11. The van der Waals surface area contributed by atoms with E-state index >= 15 is 0 Å². The highest BCUT2D eigenvalue weighted by atomic mass is 19.1. The molecule has 0 amide bonds. The Kier molecular flexibility index (Phi) is 4.28. The maximum atomic E-state index is 14.4. The second kappa shape index (κ2) is 6.88. The molecular weight excluding hydrogens is 385 g/mol. The lowest BCUT2D eigenvalue weighted by Crippen LogP contribution is -2.54. The highest BCUT2D eigenvalue weighted by molar-refractivity contribution is 6.07. The van der Waals surface area contributed by atoms with Crippen molar-refractivity contribution in [3.05, 3.63) is 59.7 Å². The van der Waals surface area contributed by atoms with Crippen molar-refractivity contribution in [1.29, 1.82) is 0 Å². The number of nitrogens with zero attached hydrogens (tertiary/aromatic N) is 6. The number of rotatable bonds is 3. The van der Waals surface area contributed by atoms with Crippen molar-refractivity contribution in [2.45, 2.75) is 32.9 Å². The largest absolute Gasteiger partial charge is 0.368 e. The number of fused-ring (bicyclic) bond motifs is 2. The Balaban J connectivity index is 1.50. The summed E-state index contributed by atoms with van der Waals surface area (Å²) in [5, 5.41) is 11.8. The molecule has 0 aromatic carbocycles. The molecule has 1 aliphatic heterocycles. The Morgan fingerprint density at radius 2 is 1.93 bits per heavy atom. The molecule has 5 heterocycles. The Bertz CT molecular complexity index is 1270. The van der Waals surface area contributed by atoms with Gasteiger partial charge in [0.15, 0.2) is 17.1 Å². The van der Waals surface area contributed by atoms with Gasteiger partial charge in [0.25, 0.3) is 0 Å². The third-order valence-electron chi connectivity index (χ3n) is 5.41. The average Bonchev–Trinajstić information content (AvgIpc) is 3.29. The van der Waals surface area contributed by atoms with Gasteiger partial charge in [0.05, 0.1) is 5.69 Å². The van der Waals surface area contributed by atoms with Gasteiger partial charge in [0.1, 0.15) is 0 Å². The van der Waals surface area contributed by atoms with Crippen LogP contribution >= 0.6 is 0 Å². The van der Waals surface area contributed by atoms with E-state index in [2.05, 4.69) is 39.2 Å². The van der Waals surface area contributed by atoms with E-state index in [0.717, 1.165) is 18.8 Å². The fourth-order valence-corrected chi connectivity index (χ4v) is 4.20. The van der Waals surface area contributed by atoms with Gasteiger partial charge >= 0.3 is 0 Å². The van der Waals surface area contributed by atoms with Gasteiger partial charge in [-0.3, -0.25) is 9.20 Å². The summed E-state index contributed by atoms with van der Waals surface area (Å²) in [6.07, 6.45) is 5.05. The van der Waals surface area contributed by atoms with Crippen LogP contribution in [0.1, 0.15) is 35.7 Å². The van der Waals surface area contributed by atoms with Gasteiger partial charge in [-0.2, -0.15) is 0 Å². The first-order valence-corrected chi connectivity index (χ1v) is 9.94. The molecule has 0 saturated carbocycles. The lowest BCUT2D eigenvalue weighted by atomic mass is 10.1. The summed E-state index contributed by atoms with van der Waals surface area (Å²) in [4.78, 5) is 19.5. The van der Waals surface area contributed by atoms with Crippen LogP contribution in [0, 0.1) is 12.7 Å². The molecule has 9 heteroatoms. The molecule has 154 valence electrons. The number of carbonyl (C=O) groups is 1. The molecule has 5 rings (SSSR count). The number of aromatic nitrogens is 5. The Labute approximate surface area is 172 Å². The minimum Gasteiger partial charge on any atom is -0.368 e. The SMILES string of the molecule is Cc1cn2cc(C(=O)c3nnc4cc(N5C[C@H](C)N[C@@H](C)C5)ccn34)cc(F)c2n1. The standard InChI is InChI=1S/C21H22FN7O/c1-12-8-27(9-13(2)23-12)16-4-5-29-18(7-16)25-26-21(29)19(30)15-6-17(22)20-24-14(3)10-28(20)11-15/h4-7,10-13,23H,8-9H2,1-3H3/t12-,13-/m0/s1. The molecule has 1 fully saturated rings. The molecule has 0 unspecified atom stereocenters. The molecule has 0 spiro atoms. The lowest BCUT2D eigenvalue weighted by Gasteiger charge is -2.37. The Hall–Kier alpha value is -3.33. The number of anilines is 1. The number of aryl methyl sites for hydroxylation is 1. The highest BCUT2D eigenvalue weighted by Gasteiger charge is 2.23. The number of nitrogens with one attached hydrogen (secondary N) is 1. The number of hydrogen-bond donors (Lipinski definition) is 1. The molecule has 1 N–H and O–H groups in total. The molecule has 0 bridgehead atoms. The van der Waals surface area contributed by atoms with Crippen LogP contribution in [0.5, 0.6) is 0 Å². The fraction of sp³-hybridized carbons (Fsp3) is 0.333. The predicted octanol–water partition coefficient (Wildman–Crippen LogP) is 2.24. The van der Waals surface area contributed by atoms with Gasteiger partial charge in [0, 0.05) is 61.1 Å². The summed E-state index contributed by atoms with van der Waals surface area (Å²) >= 11 is 0.